The quantitative estimate of drug-likeness (QED) is 0.712. The Morgan fingerprint density at radius 1 is 1.24 bits per heavy atom. The van der Waals surface area contributed by atoms with Crippen LogP contribution in [0.3, 0.4) is 0 Å². The molecule has 118 valence electrons. The number of methoxy groups -OCH3 is 2. The maximum absolute atomic E-state index is 5.24. The van der Waals surface area contributed by atoms with Crippen LogP contribution in [0.25, 0.3) is 0 Å². The summed E-state index contributed by atoms with van der Waals surface area (Å²) in [7, 11) is 3.48. The molecule has 1 saturated carbocycles. The van der Waals surface area contributed by atoms with Crippen LogP contribution in [0.2, 0.25) is 0 Å². The first kappa shape index (κ1) is 16.2. The van der Waals surface area contributed by atoms with E-state index < -0.39 is 0 Å². The van der Waals surface area contributed by atoms with Crippen LogP contribution in [0.4, 0.5) is 5.69 Å². The fraction of sp³-hybridized carbons (Fsp3) is 0.688. The third kappa shape index (κ3) is 5.26. The van der Waals surface area contributed by atoms with Gasteiger partial charge >= 0.3 is 0 Å². The number of anilines is 1. The lowest BCUT2D eigenvalue weighted by molar-refractivity contribution is 0.190. The largest absolute Gasteiger partial charge is 0.383 e. The Hall–Kier alpha value is -1.17. The standard InChI is InChI=1S/C16H27N3O2/c1-13-10-16(19(6-8-20-2)7-9-21-3)14(11-17-13)12-18-15-4-5-15/h10-11,15,18H,4-9,12H2,1-3H3. The molecule has 0 radical (unpaired) electrons. The van der Waals surface area contributed by atoms with Crippen LogP contribution in [0.5, 0.6) is 0 Å². The first-order valence-electron chi connectivity index (χ1n) is 7.66. The molecular weight excluding hydrogens is 266 g/mol. The second kappa shape index (κ2) is 8.32. The highest BCUT2D eigenvalue weighted by molar-refractivity contribution is 5.53. The van der Waals surface area contributed by atoms with Gasteiger partial charge in [0.05, 0.1) is 13.2 Å². The van der Waals surface area contributed by atoms with Crippen molar-refractivity contribution in [1.29, 1.82) is 0 Å². The molecule has 2 rings (SSSR count). The van der Waals surface area contributed by atoms with E-state index in [1.165, 1.54) is 24.1 Å². The Morgan fingerprint density at radius 2 is 1.90 bits per heavy atom. The van der Waals surface area contributed by atoms with E-state index in [2.05, 4.69) is 21.3 Å². The van der Waals surface area contributed by atoms with Gasteiger partial charge < -0.3 is 19.7 Å². The summed E-state index contributed by atoms with van der Waals surface area (Å²) in [5.41, 5.74) is 3.53. The van der Waals surface area contributed by atoms with E-state index in [-0.39, 0.29) is 0 Å². The smallest absolute Gasteiger partial charge is 0.0637 e. The van der Waals surface area contributed by atoms with Crippen molar-refractivity contribution in [2.75, 3.05) is 45.4 Å². The van der Waals surface area contributed by atoms with Crippen LogP contribution in [0.15, 0.2) is 12.3 Å². The molecule has 1 N–H and O–H groups in total. The SMILES string of the molecule is COCCN(CCOC)c1cc(C)ncc1CNC1CC1. The maximum atomic E-state index is 5.24. The molecule has 1 heterocycles. The van der Waals surface area contributed by atoms with Crippen LogP contribution in [-0.2, 0) is 16.0 Å². The summed E-state index contributed by atoms with van der Waals surface area (Å²) in [4.78, 5) is 6.78. The summed E-state index contributed by atoms with van der Waals surface area (Å²) < 4.78 is 10.5. The third-order valence-corrected chi connectivity index (χ3v) is 3.73. The van der Waals surface area contributed by atoms with Crippen molar-refractivity contribution < 1.29 is 9.47 Å². The summed E-state index contributed by atoms with van der Waals surface area (Å²) in [5, 5.41) is 3.57. The predicted molar refractivity (Wildman–Crippen MR) is 84.8 cm³/mol. The van der Waals surface area contributed by atoms with E-state index in [0.29, 0.717) is 19.3 Å². The first-order valence-corrected chi connectivity index (χ1v) is 7.66. The summed E-state index contributed by atoms with van der Waals surface area (Å²) in [6.07, 6.45) is 4.59. The number of hydrogen-bond donors (Lipinski definition) is 1. The van der Waals surface area contributed by atoms with Gasteiger partial charge in [-0.2, -0.15) is 0 Å². The van der Waals surface area contributed by atoms with E-state index in [1.54, 1.807) is 14.2 Å². The van der Waals surface area contributed by atoms with Crippen molar-refractivity contribution in [3.05, 3.63) is 23.5 Å². The van der Waals surface area contributed by atoms with E-state index in [4.69, 9.17) is 9.47 Å². The topological polar surface area (TPSA) is 46.6 Å². The van der Waals surface area contributed by atoms with Crippen LogP contribution in [0.1, 0.15) is 24.1 Å². The van der Waals surface area contributed by atoms with Gasteiger partial charge in [-0.05, 0) is 25.8 Å². The lowest BCUT2D eigenvalue weighted by atomic mass is 10.1. The Kier molecular flexibility index (Phi) is 6.42. The summed E-state index contributed by atoms with van der Waals surface area (Å²) in [5.74, 6) is 0. The highest BCUT2D eigenvalue weighted by Crippen LogP contribution is 2.24. The van der Waals surface area contributed by atoms with Crippen molar-refractivity contribution in [3.63, 3.8) is 0 Å². The van der Waals surface area contributed by atoms with E-state index >= 15 is 0 Å². The molecule has 21 heavy (non-hydrogen) atoms. The molecule has 0 spiro atoms. The number of rotatable bonds is 10. The normalized spacial score (nSPS) is 14.4. The molecule has 5 heteroatoms. The van der Waals surface area contributed by atoms with Gasteiger partial charge in [-0.1, -0.05) is 0 Å². The van der Waals surface area contributed by atoms with Crippen LogP contribution in [0, 0.1) is 6.92 Å². The highest BCUT2D eigenvalue weighted by atomic mass is 16.5. The number of aromatic nitrogens is 1. The molecule has 1 aromatic heterocycles. The van der Waals surface area contributed by atoms with Crippen molar-refractivity contribution in [3.8, 4) is 0 Å². The Morgan fingerprint density at radius 3 is 2.48 bits per heavy atom. The van der Waals surface area contributed by atoms with Gasteiger partial charge in [-0.15, -0.1) is 0 Å². The molecule has 5 nitrogen and oxygen atoms in total. The molecule has 0 atom stereocenters. The molecule has 0 amide bonds. The maximum Gasteiger partial charge on any atom is 0.0637 e. The molecule has 0 saturated heterocycles. The zero-order valence-corrected chi connectivity index (χ0v) is 13.4. The minimum atomic E-state index is 0.700. The van der Waals surface area contributed by atoms with Gasteiger partial charge in [-0.25, -0.2) is 0 Å². The van der Waals surface area contributed by atoms with Crippen molar-refractivity contribution in [2.45, 2.75) is 32.4 Å². The van der Waals surface area contributed by atoms with Gasteiger partial charge in [0, 0.05) is 63.0 Å². The molecule has 0 aromatic carbocycles. The zero-order chi connectivity index (χ0) is 15.1. The molecule has 1 aromatic rings. The van der Waals surface area contributed by atoms with Crippen LogP contribution in [-0.4, -0.2) is 51.5 Å². The van der Waals surface area contributed by atoms with Crippen molar-refractivity contribution in [1.82, 2.24) is 10.3 Å². The third-order valence-electron chi connectivity index (χ3n) is 3.73. The molecule has 1 aliphatic rings. The van der Waals surface area contributed by atoms with E-state index in [1.807, 2.05) is 13.1 Å². The number of hydrogen-bond acceptors (Lipinski definition) is 5. The fourth-order valence-electron chi connectivity index (χ4n) is 2.30. The molecule has 0 aliphatic heterocycles. The Balaban J connectivity index is 2.11. The summed E-state index contributed by atoms with van der Waals surface area (Å²) >= 11 is 0. The monoisotopic (exact) mass is 293 g/mol. The minimum Gasteiger partial charge on any atom is -0.383 e. The Labute approximate surface area is 127 Å². The Bertz CT molecular complexity index is 428. The van der Waals surface area contributed by atoms with E-state index in [9.17, 15) is 0 Å². The summed E-state index contributed by atoms with van der Waals surface area (Å²) in [6, 6.07) is 2.86. The van der Waals surface area contributed by atoms with Crippen LogP contribution >= 0.6 is 0 Å². The number of aryl methyl sites for hydroxylation is 1. The van der Waals surface area contributed by atoms with Crippen molar-refractivity contribution in [2.24, 2.45) is 0 Å². The second-order valence-corrected chi connectivity index (χ2v) is 5.58. The lowest BCUT2D eigenvalue weighted by Crippen LogP contribution is -2.32. The van der Waals surface area contributed by atoms with Gasteiger partial charge in [0.25, 0.3) is 0 Å². The van der Waals surface area contributed by atoms with Gasteiger partial charge in [0.15, 0.2) is 0 Å². The molecule has 1 aliphatic carbocycles. The molecule has 0 bridgehead atoms. The minimum absolute atomic E-state index is 0.700. The van der Waals surface area contributed by atoms with Gasteiger partial charge in [0.1, 0.15) is 0 Å². The lowest BCUT2D eigenvalue weighted by Gasteiger charge is -2.27. The van der Waals surface area contributed by atoms with Gasteiger partial charge in [-0.3, -0.25) is 4.98 Å². The molecule has 0 unspecified atom stereocenters. The first-order chi connectivity index (χ1) is 10.2. The molecular formula is C16H27N3O2. The fourth-order valence-corrected chi connectivity index (χ4v) is 2.30. The average molecular weight is 293 g/mol. The average Bonchev–Trinajstić information content (AvgIpc) is 3.30. The summed E-state index contributed by atoms with van der Waals surface area (Å²) in [6.45, 7) is 6.05. The number of nitrogens with one attached hydrogen (secondary N) is 1. The van der Waals surface area contributed by atoms with Crippen LogP contribution < -0.4 is 10.2 Å². The molecule has 1 fully saturated rings. The van der Waals surface area contributed by atoms with E-state index in [0.717, 1.165) is 25.3 Å². The number of nitrogens with zero attached hydrogens (tertiary/aromatic N) is 2. The highest BCUT2D eigenvalue weighted by Gasteiger charge is 2.21. The predicted octanol–water partition coefficient (Wildman–Crippen LogP) is 1.74. The second-order valence-electron chi connectivity index (χ2n) is 5.58. The number of ether oxygens (including phenoxy) is 2. The van der Waals surface area contributed by atoms with Gasteiger partial charge in [0.2, 0.25) is 0 Å². The number of pyridine rings is 1. The van der Waals surface area contributed by atoms with Crippen molar-refractivity contribution >= 4 is 5.69 Å². The zero-order valence-electron chi connectivity index (χ0n) is 13.4.